The molecule has 9 heteroatoms. The maximum absolute atomic E-state index is 12.5. The molecule has 0 aliphatic carbocycles. The molecule has 0 saturated heterocycles. The van der Waals surface area contributed by atoms with Gasteiger partial charge in [-0.15, -0.1) is 0 Å². The second kappa shape index (κ2) is 5.37. The first-order valence-electron chi connectivity index (χ1n) is 5.00. The van der Waals surface area contributed by atoms with Crippen molar-refractivity contribution in [3.8, 4) is 0 Å². The van der Waals surface area contributed by atoms with Crippen LogP contribution in [0.3, 0.4) is 0 Å². The first-order valence-corrected chi connectivity index (χ1v) is 5.00. The number of carbonyl (C=O) groups is 1. The van der Waals surface area contributed by atoms with Crippen LogP contribution in [0.25, 0.3) is 0 Å². The van der Waals surface area contributed by atoms with Crippen LogP contribution in [-0.4, -0.2) is 30.9 Å². The predicted octanol–water partition coefficient (Wildman–Crippen LogP) is 1.90. The average molecular weight is 283 g/mol. The maximum atomic E-state index is 12.5. The fourth-order valence-corrected chi connectivity index (χ4v) is 1.38. The number of hydrogen-bond donors (Lipinski definition) is 1. The summed E-state index contributed by atoms with van der Waals surface area (Å²) in [6.07, 6.45) is -7.53. The van der Waals surface area contributed by atoms with Crippen molar-refractivity contribution in [1.29, 1.82) is 0 Å². The van der Waals surface area contributed by atoms with E-state index in [0.29, 0.717) is 6.07 Å². The number of hydrogen-bond acceptors (Lipinski definition) is 3. The van der Waals surface area contributed by atoms with E-state index in [1.807, 2.05) is 0 Å². The van der Waals surface area contributed by atoms with E-state index >= 15 is 0 Å². The number of pyridine rings is 1. The molecule has 1 rings (SSSR count). The van der Waals surface area contributed by atoms with Crippen molar-refractivity contribution in [1.82, 2.24) is 4.98 Å². The summed E-state index contributed by atoms with van der Waals surface area (Å²) in [7, 11) is 1.10. The minimum Gasteiger partial charge on any atom is -0.365 e. The predicted molar refractivity (Wildman–Crippen MR) is 57.0 cm³/mol. The van der Waals surface area contributed by atoms with Crippen LogP contribution < -0.4 is 10.6 Å². The summed E-state index contributed by atoms with van der Waals surface area (Å²) in [5.74, 6) is -1.57. The number of halogens is 5. The van der Waals surface area contributed by atoms with Gasteiger partial charge in [-0.05, 0) is 12.1 Å². The maximum Gasteiger partial charge on any atom is 0.433 e. The highest BCUT2D eigenvalue weighted by Gasteiger charge is 2.34. The molecular weight excluding hydrogens is 273 g/mol. The Labute approximate surface area is 105 Å². The molecule has 19 heavy (non-hydrogen) atoms. The van der Waals surface area contributed by atoms with Crippen molar-refractivity contribution < 1.29 is 26.7 Å². The molecule has 0 unspecified atom stereocenters. The number of alkyl halides is 5. The molecule has 1 amide bonds. The van der Waals surface area contributed by atoms with E-state index in [9.17, 15) is 26.7 Å². The summed E-state index contributed by atoms with van der Waals surface area (Å²) in [5.41, 5.74) is 3.33. The molecule has 0 radical (unpaired) electrons. The number of nitrogens with zero attached hydrogens (tertiary/aromatic N) is 2. The van der Waals surface area contributed by atoms with E-state index in [2.05, 4.69) is 4.98 Å². The summed E-state index contributed by atoms with van der Waals surface area (Å²) >= 11 is 0. The fraction of sp³-hybridized carbons (Fsp3) is 0.400. The lowest BCUT2D eigenvalue weighted by atomic mass is 10.2. The van der Waals surface area contributed by atoms with Crippen molar-refractivity contribution in [2.24, 2.45) is 5.73 Å². The van der Waals surface area contributed by atoms with Gasteiger partial charge in [0.05, 0.1) is 12.1 Å². The number of rotatable bonds is 4. The lowest BCUT2D eigenvalue weighted by molar-refractivity contribution is -0.141. The second-order valence-corrected chi connectivity index (χ2v) is 3.70. The fourth-order valence-electron chi connectivity index (χ4n) is 1.38. The third kappa shape index (κ3) is 3.76. The highest BCUT2D eigenvalue weighted by Crippen LogP contribution is 2.30. The molecule has 2 N–H and O–H groups in total. The van der Waals surface area contributed by atoms with Crippen LogP contribution in [0, 0.1) is 0 Å². The topological polar surface area (TPSA) is 59.2 Å². The van der Waals surface area contributed by atoms with Gasteiger partial charge in [-0.1, -0.05) is 0 Å². The molecule has 0 aromatic carbocycles. The van der Waals surface area contributed by atoms with E-state index in [1.54, 1.807) is 0 Å². The molecule has 0 aliphatic rings. The summed E-state index contributed by atoms with van der Waals surface area (Å²) in [4.78, 5) is 15.0. The third-order valence-corrected chi connectivity index (χ3v) is 2.20. The number of anilines is 1. The van der Waals surface area contributed by atoms with E-state index in [4.69, 9.17) is 5.73 Å². The van der Waals surface area contributed by atoms with Crippen LogP contribution in [-0.2, 0) is 6.18 Å². The quantitative estimate of drug-likeness (QED) is 0.859. The first-order chi connectivity index (χ1) is 8.62. The average Bonchev–Trinajstić information content (AvgIpc) is 2.25. The molecule has 1 aromatic rings. The van der Waals surface area contributed by atoms with Gasteiger partial charge in [0, 0.05) is 7.05 Å². The minimum absolute atomic E-state index is 0.351. The molecule has 106 valence electrons. The number of primary amides is 1. The van der Waals surface area contributed by atoms with Crippen molar-refractivity contribution in [2.45, 2.75) is 12.6 Å². The van der Waals surface area contributed by atoms with Crippen LogP contribution in [0.15, 0.2) is 12.1 Å². The molecule has 1 aromatic heterocycles. The zero-order valence-corrected chi connectivity index (χ0v) is 9.71. The molecule has 0 aliphatic heterocycles. The zero-order valence-electron chi connectivity index (χ0n) is 9.71. The number of aromatic nitrogens is 1. The van der Waals surface area contributed by atoms with Crippen LogP contribution in [0.2, 0.25) is 0 Å². The van der Waals surface area contributed by atoms with Crippen molar-refractivity contribution in [3.63, 3.8) is 0 Å². The Hall–Kier alpha value is -1.93. The zero-order chi connectivity index (χ0) is 14.8. The Morgan fingerprint density at radius 1 is 1.42 bits per heavy atom. The second-order valence-electron chi connectivity index (χ2n) is 3.70. The minimum atomic E-state index is -4.74. The van der Waals surface area contributed by atoms with Gasteiger partial charge in [-0.25, -0.2) is 13.8 Å². The Balaban J connectivity index is 3.27. The van der Waals surface area contributed by atoms with E-state index in [1.165, 1.54) is 0 Å². The number of amides is 1. The normalized spacial score (nSPS) is 11.7. The van der Waals surface area contributed by atoms with Crippen LogP contribution in [0.5, 0.6) is 0 Å². The standard InChI is InChI=1S/C10H10F5N3O/c1-18(4-7(11)12)9-5(8(16)19)2-3-6(17-9)10(13,14)15/h2-3,7H,4H2,1H3,(H2,16,19). The summed E-state index contributed by atoms with van der Waals surface area (Å²) in [6.45, 7) is -0.866. The molecule has 0 fully saturated rings. The van der Waals surface area contributed by atoms with E-state index in [0.717, 1.165) is 18.0 Å². The highest BCUT2D eigenvalue weighted by atomic mass is 19.4. The van der Waals surface area contributed by atoms with Gasteiger partial charge in [0.25, 0.3) is 12.3 Å². The molecule has 0 bridgehead atoms. The van der Waals surface area contributed by atoms with Crippen molar-refractivity contribution in [3.05, 3.63) is 23.4 Å². The molecule has 1 heterocycles. The molecule has 4 nitrogen and oxygen atoms in total. The SMILES string of the molecule is CN(CC(F)F)c1nc(C(F)(F)F)ccc1C(N)=O. The molecule has 0 atom stereocenters. The highest BCUT2D eigenvalue weighted by molar-refractivity contribution is 5.97. The lowest BCUT2D eigenvalue weighted by Gasteiger charge is -2.21. The Bertz CT molecular complexity index is 475. The Morgan fingerprint density at radius 2 is 2.00 bits per heavy atom. The summed E-state index contributed by atoms with van der Waals surface area (Å²) in [5, 5.41) is 0. The monoisotopic (exact) mass is 283 g/mol. The largest absolute Gasteiger partial charge is 0.433 e. The van der Waals surface area contributed by atoms with Gasteiger partial charge in [0.2, 0.25) is 0 Å². The smallest absolute Gasteiger partial charge is 0.365 e. The number of nitrogens with two attached hydrogens (primary N) is 1. The van der Waals surface area contributed by atoms with E-state index in [-0.39, 0.29) is 5.56 Å². The van der Waals surface area contributed by atoms with Gasteiger partial charge < -0.3 is 10.6 Å². The summed E-state index contributed by atoms with van der Waals surface area (Å²) < 4.78 is 61.9. The Kier molecular flexibility index (Phi) is 4.28. The third-order valence-electron chi connectivity index (χ3n) is 2.20. The van der Waals surface area contributed by atoms with E-state index < -0.39 is 36.6 Å². The first kappa shape index (κ1) is 15.1. The Morgan fingerprint density at radius 3 is 2.42 bits per heavy atom. The molecular formula is C10H10F5N3O. The van der Waals surface area contributed by atoms with Crippen LogP contribution in [0.1, 0.15) is 16.1 Å². The van der Waals surface area contributed by atoms with Gasteiger partial charge >= 0.3 is 6.18 Å². The van der Waals surface area contributed by atoms with Crippen molar-refractivity contribution >= 4 is 11.7 Å². The number of carbonyl (C=O) groups excluding carboxylic acids is 1. The van der Waals surface area contributed by atoms with Gasteiger partial charge in [0.1, 0.15) is 11.5 Å². The van der Waals surface area contributed by atoms with Crippen LogP contribution in [0.4, 0.5) is 27.8 Å². The van der Waals surface area contributed by atoms with Gasteiger partial charge in [-0.2, -0.15) is 13.2 Å². The van der Waals surface area contributed by atoms with Gasteiger partial charge in [0.15, 0.2) is 0 Å². The molecule has 0 saturated carbocycles. The van der Waals surface area contributed by atoms with Gasteiger partial charge in [-0.3, -0.25) is 4.79 Å². The lowest BCUT2D eigenvalue weighted by Crippen LogP contribution is -2.29. The van der Waals surface area contributed by atoms with Crippen LogP contribution >= 0.6 is 0 Å². The molecule has 0 spiro atoms. The summed E-state index contributed by atoms with van der Waals surface area (Å²) in [6, 6.07) is 1.38. The van der Waals surface area contributed by atoms with Crippen molar-refractivity contribution in [2.75, 3.05) is 18.5 Å².